The molecule has 0 rings (SSSR count). The van der Waals surface area contributed by atoms with Crippen LogP contribution in [0, 0.1) is 0 Å². The van der Waals surface area contributed by atoms with Gasteiger partial charge in [-0.1, -0.05) is 207 Å². The number of hydrogen-bond acceptors (Lipinski definition) is 6. The van der Waals surface area contributed by atoms with Gasteiger partial charge in [0, 0.05) is 19.3 Å². The first kappa shape index (κ1) is 58.1. The molecule has 0 saturated carbocycles. The van der Waals surface area contributed by atoms with Crippen molar-refractivity contribution in [2.75, 3.05) is 13.2 Å². The standard InChI is InChI=1S/C56H90O6/c1-4-7-10-13-16-19-21-23-25-27-28-30-31-33-35-37-40-43-46-49-55(58)61-52-53(51-60-54(57)48-45-42-39-18-15-12-9-6-3)62-56(59)50-47-44-41-38-36-34-32-29-26-24-22-20-17-14-11-8-5-2/h7-8,10-11,16-17,19-20,23-26,28,30,33,35,40,43,53H,4-6,9,12-15,18,21-22,27,29,31-32,34,36-39,41-42,44-52H2,1-3H3/b10-7-,11-8-,19-16-,20-17-,25-23-,26-24-,30-28-,35-33-,43-40-. The van der Waals surface area contributed by atoms with Crippen LogP contribution in [0.2, 0.25) is 0 Å². The third-order valence-electron chi connectivity index (χ3n) is 10.0. The Balaban J connectivity index is 4.46. The van der Waals surface area contributed by atoms with Crippen LogP contribution >= 0.6 is 0 Å². The summed E-state index contributed by atoms with van der Waals surface area (Å²) in [5, 5.41) is 0. The van der Waals surface area contributed by atoms with Crippen molar-refractivity contribution in [3.8, 4) is 0 Å². The van der Waals surface area contributed by atoms with Crippen LogP contribution < -0.4 is 0 Å². The van der Waals surface area contributed by atoms with E-state index in [4.69, 9.17) is 14.2 Å². The maximum atomic E-state index is 12.8. The summed E-state index contributed by atoms with van der Waals surface area (Å²) in [7, 11) is 0. The van der Waals surface area contributed by atoms with Crippen LogP contribution in [0.3, 0.4) is 0 Å². The zero-order chi connectivity index (χ0) is 45.1. The van der Waals surface area contributed by atoms with Crippen molar-refractivity contribution in [3.63, 3.8) is 0 Å². The van der Waals surface area contributed by atoms with Crippen molar-refractivity contribution in [1.29, 1.82) is 0 Å². The summed E-state index contributed by atoms with van der Waals surface area (Å²) in [6, 6.07) is 0. The van der Waals surface area contributed by atoms with Gasteiger partial charge in [-0.25, -0.2) is 0 Å². The first-order chi connectivity index (χ1) is 30.5. The Labute approximate surface area is 380 Å². The largest absolute Gasteiger partial charge is 0.462 e. The van der Waals surface area contributed by atoms with Crippen LogP contribution in [0.5, 0.6) is 0 Å². The number of esters is 3. The van der Waals surface area contributed by atoms with Crippen LogP contribution in [0.1, 0.15) is 207 Å². The molecule has 0 aromatic heterocycles. The van der Waals surface area contributed by atoms with E-state index in [-0.39, 0.29) is 37.5 Å². The monoisotopic (exact) mass is 859 g/mol. The Morgan fingerprint density at radius 2 is 0.661 bits per heavy atom. The van der Waals surface area contributed by atoms with Crippen LogP contribution in [-0.2, 0) is 28.6 Å². The molecule has 0 aromatic carbocycles. The molecule has 0 aliphatic carbocycles. The van der Waals surface area contributed by atoms with Crippen molar-refractivity contribution in [2.45, 2.75) is 213 Å². The molecule has 62 heavy (non-hydrogen) atoms. The van der Waals surface area contributed by atoms with Gasteiger partial charge in [-0.15, -0.1) is 0 Å². The Kier molecular flexibility index (Phi) is 46.6. The average molecular weight is 859 g/mol. The number of carbonyl (C=O) groups excluding carboxylic acids is 3. The summed E-state index contributed by atoms with van der Waals surface area (Å²) >= 11 is 0. The molecule has 1 atom stereocenters. The van der Waals surface area contributed by atoms with E-state index in [1.54, 1.807) is 0 Å². The molecule has 0 bridgehead atoms. The molecule has 0 amide bonds. The van der Waals surface area contributed by atoms with Crippen LogP contribution in [-0.4, -0.2) is 37.2 Å². The summed E-state index contributed by atoms with van der Waals surface area (Å²) in [6.45, 7) is 6.29. The van der Waals surface area contributed by atoms with E-state index >= 15 is 0 Å². The van der Waals surface area contributed by atoms with Crippen molar-refractivity contribution < 1.29 is 28.6 Å². The van der Waals surface area contributed by atoms with E-state index < -0.39 is 6.10 Å². The highest BCUT2D eigenvalue weighted by Crippen LogP contribution is 2.13. The second-order valence-electron chi connectivity index (χ2n) is 16.0. The zero-order valence-electron chi connectivity index (χ0n) is 39.8. The minimum absolute atomic E-state index is 0.107. The third-order valence-corrected chi connectivity index (χ3v) is 10.0. The van der Waals surface area contributed by atoms with Gasteiger partial charge >= 0.3 is 17.9 Å². The lowest BCUT2D eigenvalue weighted by Gasteiger charge is -2.18. The summed E-state index contributed by atoms with van der Waals surface area (Å²) in [4.78, 5) is 37.8. The molecule has 6 nitrogen and oxygen atoms in total. The molecule has 0 N–H and O–H groups in total. The molecule has 0 radical (unpaired) electrons. The quantitative estimate of drug-likeness (QED) is 0.0263. The lowest BCUT2D eigenvalue weighted by atomic mass is 10.1. The third kappa shape index (κ3) is 47.1. The molecule has 1 unspecified atom stereocenters. The topological polar surface area (TPSA) is 78.9 Å². The number of rotatable bonds is 43. The number of allylic oxidation sites excluding steroid dienone is 18. The van der Waals surface area contributed by atoms with Crippen molar-refractivity contribution in [1.82, 2.24) is 0 Å². The molecular formula is C56H90O6. The minimum atomic E-state index is -0.812. The van der Waals surface area contributed by atoms with Gasteiger partial charge in [-0.3, -0.25) is 14.4 Å². The molecular weight excluding hydrogens is 769 g/mol. The lowest BCUT2D eigenvalue weighted by Crippen LogP contribution is -2.30. The molecule has 0 aliphatic rings. The van der Waals surface area contributed by atoms with Crippen LogP contribution in [0.15, 0.2) is 109 Å². The molecule has 0 aromatic rings. The van der Waals surface area contributed by atoms with Crippen LogP contribution in [0.25, 0.3) is 0 Å². The fourth-order valence-electron chi connectivity index (χ4n) is 6.36. The number of ether oxygens (including phenoxy) is 3. The SMILES string of the molecule is CC/C=C\C/C=C\C/C=C\C/C=C\C/C=C\C/C=C\CCC(=O)OCC(COC(=O)CCCCCCCCCC)OC(=O)CCCCCCCCC/C=C\C/C=C\C/C=C\CC. The first-order valence-corrected chi connectivity index (χ1v) is 24.9. The Morgan fingerprint density at radius 1 is 0.339 bits per heavy atom. The second-order valence-corrected chi connectivity index (χ2v) is 16.0. The van der Waals surface area contributed by atoms with Gasteiger partial charge in [-0.2, -0.15) is 0 Å². The molecule has 0 fully saturated rings. The summed E-state index contributed by atoms with van der Waals surface area (Å²) in [5.74, 6) is -1.02. The summed E-state index contributed by atoms with van der Waals surface area (Å²) in [6.07, 6.45) is 66.6. The highest BCUT2D eigenvalue weighted by molar-refractivity contribution is 5.71. The van der Waals surface area contributed by atoms with Gasteiger partial charge in [0.15, 0.2) is 6.10 Å². The first-order valence-electron chi connectivity index (χ1n) is 24.9. The number of unbranched alkanes of at least 4 members (excludes halogenated alkanes) is 14. The van der Waals surface area contributed by atoms with Crippen molar-refractivity contribution in [2.24, 2.45) is 0 Å². The maximum Gasteiger partial charge on any atom is 0.306 e. The van der Waals surface area contributed by atoms with Gasteiger partial charge in [0.25, 0.3) is 0 Å². The Morgan fingerprint density at radius 3 is 1.08 bits per heavy atom. The normalized spacial score (nSPS) is 13.0. The van der Waals surface area contributed by atoms with E-state index in [1.807, 2.05) is 12.2 Å². The van der Waals surface area contributed by atoms with Gasteiger partial charge in [0.1, 0.15) is 13.2 Å². The van der Waals surface area contributed by atoms with E-state index in [2.05, 4.69) is 118 Å². The average Bonchev–Trinajstić information content (AvgIpc) is 3.27. The predicted molar refractivity (Wildman–Crippen MR) is 265 cm³/mol. The summed E-state index contributed by atoms with van der Waals surface area (Å²) < 4.78 is 16.7. The second kappa shape index (κ2) is 49.7. The fraction of sp³-hybridized carbons (Fsp3) is 0.625. The highest BCUT2D eigenvalue weighted by atomic mass is 16.6. The van der Waals surface area contributed by atoms with E-state index in [0.717, 1.165) is 103 Å². The molecule has 0 aliphatic heterocycles. The smallest absolute Gasteiger partial charge is 0.306 e. The van der Waals surface area contributed by atoms with Crippen molar-refractivity contribution >= 4 is 17.9 Å². The fourth-order valence-corrected chi connectivity index (χ4v) is 6.36. The molecule has 0 saturated heterocycles. The minimum Gasteiger partial charge on any atom is -0.462 e. The Bertz CT molecular complexity index is 1310. The van der Waals surface area contributed by atoms with E-state index in [1.165, 1.54) is 57.8 Å². The summed E-state index contributed by atoms with van der Waals surface area (Å²) in [5.41, 5.74) is 0. The maximum absolute atomic E-state index is 12.8. The van der Waals surface area contributed by atoms with Crippen LogP contribution in [0.4, 0.5) is 0 Å². The Hall–Kier alpha value is -3.93. The highest BCUT2D eigenvalue weighted by Gasteiger charge is 2.19. The van der Waals surface area contributed by atoms with Crippen molar-refractivity contribution in [3.05, 3.63) is 109 Å². The number of hydrogen-bond donors (Lipinski definition) is 0. The lowest BCUT2D eigenvalue weighted by molar-refractivity contribution is -0.166. The van der Waals surface area contributed by atoms with E-state index in [0.29, 0.717) is 19.3 Å². The van der Waals surface area contributed by atoms with E-state index in [9.17, 15) is 14.4 Å². The molecule has 350 valence electrons. The van der Waals surface area contributed by atoms with Gasteiger partial charge in [-0.05, 0) is 89.9 Å². The predicted octanol–water partition coefficient (Wildman–Crippen LogP) is 16.4. The van der Waals surface area contributed by atoms with Gasteiger partial charge in [0.2, 0.25) is 0 Å². The zero-order valence-corrected chi connectivity index (χ0v) is 39.8. The molecule has 0 spiro atoms. The number of carbonyl (C=O) groups is 3. The van der Waals surface area contributed by atoms with Gasteiger partial charge in [0.05, 0.1) is 0 Å². The molecule has 6 heteroatoms. The van der Waals surface area contributed by atoms with Gasteiger partial charge < -0.3 is 14.2 Å². The molecule has 0 heterocycles.